The Hall–Kier alpha value is -0.760. The molecule has 0 unspecified atom stereocenters. The van der Waals surface area contributed by atoms with Crippen LogP contribution in [0.25, 0.3) is 0 Å². The number of Topliss-reactive ketones (excluding diaryl/α,β-unsaturated/α-hetero) is 2. The Morgan fingerprint density at radius 2 is 0.933 bits per heavy atom. The SMILES string of the molecule is O=C(CCN1CCN(CCC(=O)c2ccc(Br)cc2)CC1)c1ccc(Br)cc1.[Cl-].[Cl-]. The van der Waals surface area contributed by atoms with Crippen LogP contribution in [0.4, 0.5) is 0 Å². The van der Waals surface area contributed by atoms with E-state index in [1.54, 1.807) is 0 Å². The van der Waals surface area contributed by atoms with Gasteiger partial charge in [-0.05, 0) is 24.3 Å². The summed E-state index contributed by atoms with van der Waals surface area (Å²) in [6.07, 6.45) is 1.09. The molecule has 1 aliphatic rings. The van der Waals surface area contributed by atoms with Gasteiger partial charge in [0.05, 0.1) is 0 Å². The minimum Gasteiger partial charge on any atom is -1.00 e. The number of hydrogen-bond acceptors (Lipinski definition) is 4. The summed E-state index contributed by atoms with van der Waals surface area (Å²) in [6.45, 7) is 5.36. The third-order valence-electron chi connectivity index (χ3n) is 5.11. The number of benzene rings is 2. The third-order valence-corrected chi connectivity index (χ3v) is 6.16. The lowest BCUT2D eigenvalue weighted by Gasteiger charge is -2.34. The summed E-state index contributed by atoms with van der Waals surface area (Å²) in [6, 6.07) is 15.1. The van der Waals surface area contributed by atoms with Crippen molar-refractivity contribution in [2.45, 2.75) is 12.8 Å². The van der Waals surface area contributed by atoms with E-state index in [-0.39, 0.29) is 36.4 Å². The van der Waals surface area contributed by atoms with Crippen molar-refractivity contribution in [1.82, 2.24) is 9.80 Å². The lowest BCUT2D eigenvalue weighted by Crippen LogP contribution is -3.00. The van der Waals surface area contributed by atoms with Crippen LogP contribution < -0.4 is 24.8 Å². The van der Waals surface area contributed by atoms with E-state index in [1.807, 2.05) is 48.5 Å². The van der Waals surface area contributed by atoms with Gasteiger partial charge in [0.1, 0.15) is 0 Å². The predicted molar refractivity (Wildman–Crippen MR) is 119 cm³/mol. The van der Waals surface area contributed by atoms with E-state index in [0.717, 1.165) is 59.3 Å². The van der Waals surface area contributed by atoms with Crippen LogP contribution in [0.2, 0.25) is 0 Å². The van der Waals surface area contributed by atoms with Gasteiger partial charge in [-0.25, -0.2) is 0 Å². The van der Waals surface area contributed by atoms with Gasteiger partial charge in [-0.3, -0.25) is 9.59 Å². The van der Waals surface area contributed by atoms with Crippen LogP contribution in [0, 0.1) is 0 Å². The summed E-state index contributed by atoms with van der Waals surface area (Å²) in [5.74, 6) is 0.380. The normalized spacial score (nSPS) is 14.5. The van der Waals surface area contributed by atoms with Crippen molar-refractivity contribution in [2.24, 2.45) is 0 Å². The first-order valence-corrected chi connectivity index (χ1v) is 11.1. The number of rotatable bonds is 8. The van der Waals surface area contributed by atoms with Gasteiger partial charge in [0.25, 0.3) is 0 Å². The zero-order valence-electron chi connectivity index (χ0n) is 16.5. The van der Waals surface area contributed by atoms with Gasteiger partial charge < -0.3 is 34.6 Å². The largest absolute Gasteiger partial charge is 1.00 e. The summed E-state index contributed by atoms with van der Waals surface area (Å²) in [7, 11) is 0. The molecule has 3 rings (SSSR count). The van der Waals surface area contributed by atoms with E-state index >= 15 is 0 Å². The fourth-order valence-corrected chi connectivity index (χ4v) is 3.84. The number of halogens is 4. The fraction of sp³-hybridized carbons (Fsp3) is 0.364. The number of hydrogen-bond donors (Lipinski definition) is 0. The van der Waals surface area contributed by atoms with Gasteiger partial charge in [-0.1, -0.05) is 56.1 Å². The maximum Gasteiger partial charge on any atom is 0.164 e. The summed E-state index contributed by atoms with van der Waals surface area (Å²) < 4.78 is 1.97. The van der Waals surface area contributed by atoms with Gasteiger partial charge >= 0.3 is 0 Å². The number of piperazine rings is 1. The fourth-order valence-electron chi connectivity index (χ4n) is 3.32. The first-order valence-electron chi connectivity index (χ1n) is 9.53. The highest BCUT2D eigenvalue weighted by molar-refractivity contribution is 9.10. The molecule has 30 heavy (non-hydrogen) atoms. The Morgan fingerprint density at radius 3 is 1.23 bits per heavy atom. The lowest BCUT2D eigenvalue weighted by molar-refractivity contribution is -0.00100. The standard InChI is InChI=1S/C22H24Br2N2O2.2ClH/c23-19-5-1-17(2-6-19)21(27)9-11-25-13-15-26(16-14-25)12-10-22(28)18-3-7-20(24)8-4-18;;/h1-8H,9-16H2;2*1H/p-2. The molecule has 0 aromatic heterocycles. The van der Waals surface area contributed by atoms with E-state index in [1.165, 1.54) is 0 Å². The molecule has 0 atom stereocenters. The van der Waals surface area contributed by atoms with Crippen molar-refractivity contribution in [3.05, 3.63) is 68.6 Å². The van der Waals surface area contributed by atoms with Gasteiger partial charge in [0.2, 0.25) is 0 Å². The molecule has 1 heterocycles. The maximum absolute atomic E-state index is 12.3. The molecular weight excluding hydrogens is 555 g/mol. The van der Waals surface area contributed by atoms with Crippen LogP contribution >= 0.6 is 31.9 Å². The van der Waals surface area contributed by atoms with Crippen molar-refractivity contribution in [3.63, 3.8) is 0 Å². The van der Waals surface area contributed by atoms with Crippen molar-refractivity contribution in [3.8, 4) is 0 Å². The Kier molecular flexibility index (Phi) is 12.4. The number of carbonyl (C=O) groups is 2. The van der Waals surface area contributed by atoms with Crippen molar-refractivity contribution in [1.29, 1.82) is 0 Å². The highest BCUT2D eigenvalue weighted by Gasteiger charge is 2.18. The average Bonchev–Trinajstić information content (AvgIpc) is 2.72. The van der Waals surface area contributed by atoms with E-state index < -0.39 is 0 Å². The topological polar surface area (TPSA) is 40.6 Å². The highest BCUT2D eigenvalue weighted by Crippen LogP contribution is 2.14. The quantitative estimate of drug-likeness (QED) is 0.365. The van der Waals surface area contributed by atoms with E-state index in [9.17, 15) is 9.59 Å². The van der Waals surface area contributed by atoms with Crippen LogP contribution in [0.1, 0.15) is 33.6 Å². The molecule has 1 aliphatic heterocycles. The Labute approximate surface area is 207 Å². The summed E-state index contributed by atoms with van der Waals surface area (Å²) in [4.78, 5) is 29.3. The van der Waals surface area contributed by atoms with Gasteiger partial charge in [0, 0.05) is 72.2 Å². The first kappa shape index (κ1) is 27.3. The molecular formula is C22H24Br2Cl2N2O2-2. The van der Waals surface area contributed by atoms with E-state index in [2.05, 4.69) is 41.7 Å². The van der Waals surface area contributed by atoms with Gasteiger partial charge in [0.15, 0.2) is 11.6 Å². The molecule has 2 aromatic rings. The summed E-state index contributed by atoms with van der Waals surface area (Å²) in [5, 5.41) is 0. The van der Waals surface area contributed by atoms with Crippen LogP contribution in [0.15, 0.2) is 57.5 Å². The maximum atomic E-state index is 12.3. The molecule has 1 fully saturated rings. The molecule has 0 spiro atoms. The van der Waals surface area contributed by atoms with Gasteiger partial charge in [-0.15, -0.1) is 0 Å². The molecule has 0 aliphatic carbocycles. The Morgan fingerprint density at radius 1 is 0.633 bits per heavy atom. The van der Waals surface area contributed by atoms with Crippen LogP contribution in [0.5, 0.6) is 0 Å². The molecule has 1 saturated heterocycles. The van der Waals surface area contributed by atoms with Gasteiger partial charge in [-0.2, -0.15) is 0 Å². The predicted octanol–water partition coefficient (Wildman–Crippen LogP) is -1.32. The second-order valence-corrected chi connectivity index (χ2v) is 8.87. The molecule has 0 bridgehead atoms. The van der Waals surface area contributed by atoms with Crippen molar-refractivity contribution in [2.75, 3.05) is 39.3 Å². The van der Waals surface area contributed by atoms with Crippen LogP contribution in [0.3, 0.4) is 0 Å². The molecule has 0 amide bonds. The summed E-state index contributed by atoms with van der Waals surface area (Å²) in [5.41, 5.74) is 1.54. The first-order chi connectivity index (χ1) is 13.5. The van der Waals surface area contributed by atoms with Crippen LogP contribution in [-0.4, -0.2) is 60.6 Å². The second kappa shape index (κ2) is 13.6. The number of nitrogens with zero attached hydrogens (tertiary/aromatic N) is 2. The smallest absolute Gasteiger partial charge is 0.164 e. The molecule has 0 N–H and O–H groups in total. The second-order valence-electron chi connectivity index (χ2n) is 7.04. The average molecular weight is 579 g/mol. The van der Waals surface area contributed by atoms with Crippen LogP contribution in [-0.2, 0) is 0 Å². The number of carbonyl (C=O) groups excluding carboxylic acids is 2. The Bertz CT molecular complexity index is 739. The number of ketones is 2. The molecule has 2 aromatic carbocycles. The molecule has 4 nitrogen and oxygen atoms in total. The molecule has 8 heteroatoms. The zero-order valence-corrected chi connectivity index (χ0v) is 21.2. The van der Waals surface area contributed by atoms with E-state index in [0.29, 0.717) is 12.8 Å². The molecule has 164 valence electrons. The third kappa shape index (κ3) is 8.40. The zero-order chi connectivity index (χ0) is 19.9. The van der Waals surface area contributed by atoms with Crippen molar-refractivity contribution >= 4 is 43.4 Å². The minimum absolute atomic E-state index is 0. The molecule has 0 radical (unpaired) electrons. The van der Waals surface area contributed by atoms with Crippen molar-refractivity contribution < 1.29 is 34.4 Å². The highest BCUT2D eigenvalue weighted by atomic mass is 79.9. The van der Waals surface area contributed by atoms with E-state index in [4.69, 9.17) is 0 Å². The molecule has 0 saturated carbocycles. The minimum atomic E-state index is 0. The Balaban J connectivity index is 0.00000225. The monoisotopic (exact) mass is 576 g/mol. The summed E-state index contributed by atoms with van der Waals surface area (Å²) >= 11 is 6.78. The lowest BCUT2D eigenvalue weighted by atomic mass is 10.1.